The Kier molecular flexibility index (Phi) is 5.09. The van der Waals surface area contributed by atoms with Crippen LogP contribution in [-0.2, 0) is 11.2 Å². The van der Waals surface area contributed by atoms with Crippen molar-refractivity contribution in [1.29, 1.82) is 0 Å². The Hall–Kier alpha value is -0.740. The maximum atomic E-state index is 12.0. The summed E-state index contributed by atoms with van der Waals surface area (Å²) >= 11 is 1.59. The van der Waals surface area contributed by atoms with Crippen molar-refractivity contribution in [2.45, 2.75) is 33.6 Å². The van der Waals surface area contributed by atoms with E-state index in [9.17, 15) is 4.79 Å². The minimum atomic E-state index is -0.0120. The fraction of sp³-hybridized carbons (Fsp3) is 0.667. The molecule has 2 N–H and O–H groups in total. The molecule has 0 aromatic carbocycles. The van der Waals surface area contributed by atoms with Crippen LogP contribution in [0.15, 0.2) is 5.38 Å². The number of aromatic nitrogens is 1. The molecular weight excluding hydrogens is 220 g/mol. The summed E-state index contributed by atoms with van der Waals surface area (Å²) in [7, 11) is 0. The number of aryl methyl sites for hydroxylation is 1. The molecule has 3 nitrogen and oxygen atoms in total. The normalized spacial score (nSPS) is 13.1. The molecule has 1 aromatic rings. The van der Waals surface area contributed by atoms with Gasteiger partial charge in [0.15, 0.2) is 0 Å². The number of nitrogens with zero attached hydrogens (tertiary/aromatic N) is 1. The lowest BCUT2D eigenvalue weighted by molar-refractivity contribution is -0.122. The summed E-state index contributed by atoms with van der Waals surface area (Å²) in [5, 5.41) is 2.96. The third kappa shape index (κ3) is 4.02. The van der Waals surface area contributed by atoms with Crippen molar-refractivity contribution in [3.8, 4) is 0 Å². The lowest BCUT2D eigenvalue weighted by Gasteiger charge is -2.15. The Balaban J connectivity index is 2.55. The zero-order valence-corrected chi connectivity index (χ0v) is 11.0. The van der Waals surface area contributed by atoms with Crippen LogP contribution in [0.4, 0.5) is 0 Å². The van der Waals surface area contributed by atoms with Gasteiger partial charge in [-0.3, -0.25) is 4.79 Å². The van der Waals surface area contributed by atoms with Crippen molar-refractivity contribution in [3.63, 3.8) is 0 Å². The average molecular weight is 240 g/mol. The summed E-state index contributed by atoms with van der Waals surface area (Å²) < 4.78 is 0. The number of hydrogen-bond acceptors (Lipinski definition) is 4. The Morgan fingerprint density at radius 2 is 2.25 bits per heavy atom. The molecular formula is C12H20N2OS. The highest BCUT2D eigenvalue weighted by Gasteiger charge is 2.19. The highest BCUT2D eigenvalue weighted by molar-refractivity contribution is 7.09. The summed E-state index contributed by atoms with van der Waals surface area (Å²) in [5.74, 6) is 0.721. The number of nitrogens with two attached hydrogens (primary N) is 1. The van der Waals surface area contributed by atoms with Crippen LogP contribution in [0.25, 0.3) is 0 Å². The number of ketones is 1. The number of rotatable bonds is 6. The predicted octanol–water partition coefficient (Wildman–Crippen LogP) is 2.18. The van der Waals surface area contributed by atoms with Crippen molar-refractivity contribution in [2.24, 2.45) is 17.6 Å². The van der Waals surface area contributed by atoms with Gasteiger partial charge in [-0.15, -0.1) is 11.3 Å². The molecule has 0 spiro atoms. The minimum absolute atomic E-state index is 0.0120. The van der Waals surface area contributed by atoms with Crippen molar-refractivity contribution in [3.05, 3.63) is 16.1 Å². The number of carbonyl (C=O) groups is 1. The molecule has 0 bridgehead atoms. The molecule has 1 aromatic heterocycles. The van der Waals surface area contributed by atoms with Crippen LogP contribution in [0.3, 0.4) is 0 Å². The van der Waals surface area contributed by atoms with Crippen LogP contribution >= 0.6 is 11.3 Å². The smallest absolute Gasteiger partial charge is 0.143 e. The lowest BCUT2D eigenvalue weighted by atomic mass is 9.91. The first-order valence-corrected chi connectivity index (χ1v) is 6.54. The molecule has 1 unspecified atom stereocenters. The number of thiazole rings is 1. The predicted molar refractivity (Wildman–Crippen MR) is 67.6 cm³/mol. The van der Waals surface area contributed by atoms with Crippen LogP contribution in [0, 0.1) is 18.8 Å². The molecule has 0 aliphatic carbocycles. The summed E-state index contributed by atoms with van der Waals surface area (Å²) in [6.07, 6.45) is 1.30. The number of carbonyl (C=O) groups excluding carboxylic acids is 1. The minimum Gasteiger partial charge on any atom is -0.330 e. The third-order valence-electron chi connectivity index (χ3n) is 2.52. The van der Waals surface area contributed by atoms with E-state index < -0.39 is 0 Å². The molecule has 0 saturated heterocycles. The highest BCUT2D eigenvalue weighted by Crippen LogP contribution is 2.15. The van der Waals surface area contributed by atoms with E-state index in [1.54, 1.807) is 11.3 Å². The molecule has 90 valence electrons. The second-order valence-corrected chi connectivity index (χ2v) is 5.63. The zero-order valence-electron chi connectivity index (χ0n) is 10.2. The van der Waals surface area contributed by atoms with E-state index >= 15 is 0 Å². The first-order valence-electron chi connectivity index (χ1n) is 5.66. The van der Waals surface area contributed by atoms with Gasteiger partial charge in [0.25, 0.3) is 0 Å². The molecule has 16 heavy (non-hydrogen) atoms. The van der Waals surface area contributed by atoms with Gasteiger partial charge in [0.1, 0.15) is 5.78 Å². The molecule has 1 rings (SSSR count). The van der Waals surface area contributed by atoms with Gasteiger partial charge < -0.3 is 5.73 Å². The van der Waals surface area contributed by atoms with Crippen LogP contribution in [0.2, 0.25) is 0 Å². The van der Waals surface area contributed by atoms with Crippen LogP contribution in [0.5, 0.6) is 0 Å². The van der Waals surface area contributed by atoms with Crippen molar-refractivity contribution < 1.29 is 4.79 Å². The number of hydrogen-bond donors (Lipinski definition) is 1. The Morgan fingerprint density at radius 3 is 2.69 bits per heavy atom. The third-order valence-corrected chi connectivity index (χ3v) is 3.34. The summed E-state index contributed by atoms with van der Waals surface area (Å²) in [6.45, 7) is 6.62. The molecule has 0 aliphatic rings. The molecule has 0 saturated carbocycles. The van der Waals surface area contributed by atoms with Crippen LogP contribution in [-0.4, -0.2) is 17.3 Å². The Bertz CT molecular complexity index is 347. The average Bonchev–Trinajstić information content (AvgIpc) is 2.60. The van der Waals surface area contributed by atoms with Gasteiger partial charge in [0.05, 0.1) is 10.7 Å². The maximum absolute atomic E-state index is 12.0. The van der Waals surface area contributed by atoms with Gasteiger partial charge in [-0.05, 0) is 19.3 Å². The van der Waals surface area contributed by atoms with E-state index in [4.69, 9.17) is 5.73 Å². The molecule has 0 amide bonds. The Morgan fingerprint density at radius 1 is 1.56 bits per heavy atom. The summed E-state index contributed by atoms with van der Waals surface area (Å²) in [6, 6.07) is 0. The standard InChI is InChI=1S/C12H20N2OS/c1-8(2)4-10(6-13)12(15)5-11-7-16-9(3)14-11/h7-8,10H,4-6,13H2,1-3H3. The van der Waals surface area contributed by atoms with Gasteiger partial charge in [-0.1, -0.05) is 13.8 Å². The van der Waals surface area contributed by atoms with Crippen molar-refractivity contribution in [2.75, 3.05) is 6.54 Å². The van der Waals surface area contributed by atoms with Crippen molar-refractivity contribution >= 4 is 17.1 Å². The molecule has 0 aliphatic heterocycles. The van der Waals surface area contributed by atoms with Crippen molar-refractivity contribution in [1.82, 2.24) is 4.98 Å². The van der Waals surface area contributed by atoms with Gasteiger partial charge in [0, 0.05) is 24.3 Å². The van der Waals surface area contributed by atoms with E-state index in [0.717, 1.165) is 17.1 Å². The Labute approximate surface area is 101 Å². The molecule has 0 radical (unpaired) electrons. The van der Waals surface area contributed by atoms with Gasteiger partial charge in [-0.25, -0.2) is 4.98 Å². The summed E-state index contributed by atoms with van der Waals surface area (Å²) in [5.41, 5.74) is 6.53. The topological polar surface area (TPSA) is 56.0 Å². The largest absolute Gasteiger partial charge is 0.330 e. The SMILES string of the molecule is Cc1nc(CC(=O)C(CN)CC(C)C)cs1. The highest BCUT2D eigenvalue weighted by atomic mass is 32.1. The fourth-order valence-corrected chi connectivity index (χ4v) is 2.35. The van der Waals surface area contributed by atoms with Gasteiger partial charge >= 0.3 is 0 Å². The van der Waals surface area contributed by atoms with E-state index in [1.807, 2.05) is 12.3 Å². The molecule has 1 heterocycles. The molecule has 0 fully saturated rings. The van der Waals surface area contributed by atoms with Crippen LogP contribution in [0.1, 0.15) is 31.0 Å². The van der Waals surface area contributed by atoms with Gasteiger partial charge in [-0.2, -0.15) is 0 Å². The maximum Gasteiger partial charge on any atom is 0.143 e. The quantitative estimate of drug-likeness (QED) is 0.829. The van der Waals surface area contributed by atoms with Gasteiger partial charge in [0.2, 0.25) is 0 Å². The first kappa shape index (κ1) is 13.3. The molecule has 4 heteroatoms. The van der Waals surface area contributed by atoms with E-state index in [-0.39, 0.29) is 11.7 Å². The first-order chi connectivity index (χ1) is 7.52. The van der Waals surface area contributed by atoms with Crippen LogP contribution < -0.4 is 5.73 Å². The lowest BCUT2D eigenvalue weighted by Crippen LogP contribution is -2.26. The zero-order chi connectivity index (χ0) is 12.1. The van der Waals surface area contributed by atoms with E-state index in [1.165, 1.54) is 0 Å². The molecule has 1 atom stereocenters. The second kappa shape index (κ2) is 6.11. The number of Topliss-reactive ketones (excluding diaryl/α,β-unsaturated/α-hetero) is 1. The van der Waals surface area contributed by atoms with E-state index in [0.29, 0.717) is 18.9 Å². The van der Waals surface area contributed by atoms with E-state index in [2.05, 4.69) is 18.8 Å². The fourth-order valence-electron chi connectivity index (χ4n) is 1.74. The summed E-state index contributed by atoms with van der Waals surface area (Å²) in [4.78, 5) is 16.3. The monoisotopic (exact) mass is 240 g/mol. The second-order valence-electron chi connectivity index (χ2n) is 4.56.